The minimum absolute atomic E-state index is 0.191. The van der Waals surface area contributed by atoms with E-state index in [1.54, 1.807) is 28.8 Å². The number of hydrogen-bond donors (Lipinski definition) is 3. The van der Waals surface area contributed by atoms with Crippen LogP contribution < -0.4 is 10.0 Å². The fourth-order valence-electron chi connectivity index (χ4n) is 3.85. The first kappa shape index (κ1) is 22.1. The van der Waals surface area contributed by atoms with Crippen molar-refractivity contribution in [3.05, 3.63) is 83.8 Å². The maximum atomic E-state index is 12.5. The molecule has 0 unspecified atom stereocenters. The van der Waals surface area contributed by atoms with E-state index in [0.29, 0.717) is 30.3 Å². The molecule has 3 heterocycles. The van der Waals surface area contributed by atoms with Gasteiger partial charge in [0.05, 0.1) is 4.90 Å². The summed E-state index contributed by atoms with van der Waals surface area (Å²) in [7, 11) is -3.58. The molecule has 0 bridgehead atoms. The molecule has 10 heteroatoms. The summed E-state index contributed by atoms with van der Waals surface area (Å²) in [6, 6.07) is 18.7. The predicted octanol–water partition coefficient (Wildman–Crippen LogP) is 3.09. The lowest BCUT2D eigenvalue weighted by atomic mass is 10.1. The smallest absolute Gasteiger partial charge is 0.240 e. The molecule has 3 aromatic heterocycles. The van der Waals surface area contributed by atoms with Gasteiger partial charge in [-0.1, -0.05) is 35.9 Å². The summed E-state index contributed by atoms with van der Waals surface area (Å²) < 4.78 is 29.3. The SMILES string of the molecule is Cc1ccc(S(=O)(=O)NCCc2nnc3ccc(NCCc4c[nH]c5ccccc45)nn23)cc1. The third-order valence-electron chi connectivity index (χ3n) is 5.67. The molecule has 2 aromatic carbocycles. The maximum absolute atomic E-state index is 12.5. The average molecular weight is 476 g/mol. The molecular weight excluding hydrogens is 450 g/mol. The van der Waals surface area contributed by atoms with Gasteiger partial charge in [-0.2, -0.15) is 4.52 Å². The summed E-state index contributed by atoms with van der Waals surface area (Å²) in [5.41, 5.74) is 3.99. The van der Waals surface area contributed by atoms with Crippen LogP contribution in [-0.2, 0) is 22.9 Å². The number of fused-ring (bicyclic) bond motifs is 2. The van der Waals surface area contributed by atoms with E-state index in [-0.39, 0.29) is 11.4 Å². The molecule has 5 aromatic rings. The van der Waals surface area contributed by atoms with Crippen molar-refractivity contribution < 1.29 is 8.42 Å². The highest BCUT2D eigenvalue weighted by Crippen LogP contribution is 2.18. The highest BCUT2D eigenvalue weighted by atomic mass is 32.2. The zero-order chi connectivity index (χ0) is 23.5. The molecule has 0 radical (unpaired) electrons. The second-order valence-electron chi connectivity index (χ2n) is 8.10. The van der Waals surface area contributed by atoms with Crippen molar-refractivity contribution >= 4 is 32.4 Å². The predicted molar refractivity (Wildman–Crippen MR) is 131 cm³/mol. The lowest BCUT2D eigenvalue weighted by molar-refractivity contribution is 0.580. The van der Waals surface area contributed by atoms with E-state index in [2.05, 4.69) is 42.5 Å². The van der Waals surface area contributed by atoms with Gasteiger partial charge in [0.15, 0.2) is 11.5 Å². The van der Waals surface area contributed by atoms with Gasteiger partial charge < -0.3 is 10.3 Å². The van der Waals surface area contributed by atoms with Gasteiger partial charge in [0.1, 0.15) is 5.82 Å². The molecule has 0 aliphatic rings. The van der Waals surface area contributed by atoms with Crippen LogP contribution in [-0.4, -0.2) is 46.3 Å². The van der Waals surface area contributed by atoms with E-state index in [4.69, 9.17) is 0 Å². The molecule has 174 valence electrons. The Kier molecular flexibility index (Phi) is 5.99. The number of para-hydroxylation sites is 1. The third-order valence-corrected chi connectivity index (χ3v) is 7.15. The van der Waals surface area contributed by atoms with Crippen LogP contribution in [0.5, 0.6) is 0 Å². The zero-order valence-electron chi connectivity index (χ0n) is 18.7. The van der Waals surface area contributed by atoms with Gasteiger partial charge in [0, 0.05) is 36.6 Å². The van der Waals surface area contributed by atoms with Gasteiger partial charge >= 0.3 is 0 Å². The second-order valence-corrected chi connectivity index (χ2v) is 9.87. The fraction of sp³-hybridized carbons (Fsp3) is 0.208. The summed E-state index contributed by atoms with van der Waals surface area (Å²) in [6.07, 6.45) is 3.25. The number of H-pyrrole nitrogens is 1. The van der Waals surface area contributed by atoms with Gasteiger partial charge in [0.25, 0.3) is 0 Å². The van der Waals surface area contributed by atoms with Gasteiger partial charge in [-0.25, -0.2) is 13.1 Å². The van der Waals surface area contributed by atoms with Crippen molar-refractivity contribution in [2.24, 2.45) is 0 Å². The largest absolute Gasteiger partial charge is 0.368 e. The summed E-state index contributed by atoms with van der Waals surface area (Å²) in [6.45, 7) is 2.82. The molecular formula is C24H25N7O2S. The second kappa shape index (κ2) is 9.24. The number of aromatic amines is 1. The molecule has 0 amide bonds. The highest BCUT2D eigenvalue weighted by Gasteiger charge is 2.14. The van der Waals surface area contributed by atoms with Crippen LogP contribution in [0.1, 0.15) is 17.0 Å². The molecule has 3 N–H and O–H groups in total. The molecule has 0 atom stereocenters. The lowest BCUT2D eigenvalue weighted by Crippen LogP contribution is -2.26. The molecule has 0 aliphatic heterocycles. The number of aryl methyl sites for hydroxylation is 1. The van der Waals surface area contributed by atoms with Gasteiger partial charge in [-0.3, -0.25) is 0 Å². The van der Waals surface area contributed by atoms with Gasteiger partial charge in [0.2, 0.25) is 10.0 Å². The van der Waals surface area contributed by atoms with Crippen LogP contribution >= 0.6 is 0 Å². The van der Waals surface area contributed by atoms with Crippen LogP contribution in [0.2, 0.25) is 0 Å². The van der Waals surface area contributed by atoms with E-state index >= 15 is 0 Å². The Morgan fingerprint density at radius 2 is 1.76 bits per heavy atom. The Bertz CT molecular complexity index is 1540. The van der Waals surface area contributed by atoms with Crippen molar-refractivity contribution in [3.63, 3.8) is 0 Å². The number of aromatic nitrogens is 5. The zero-order valence-corrected chi connectivity index (χ0v) is 19.5. The van der Waals surface area contributed by atoms with Gasteiger partial charge in [-0.15, -0.1) is 15.3 Å². The Morgan fingerprint density at radius 3 is 2.62 bits per heavy atom. The molecule has 0 aliphatic carbocycles. The normalized spacial score (nSPS) is 11.9. The monoisotopic (exact) mass is 475 g/mol. The Morgan fingerprint density at radius 1 is 0.941 bits per heavy atom. The molecule has 0 saturated carbocycles. The van der Waals surface area contributed by atoms with Crippen molar-refractivity contribution in [2.75, 3.05) is 18.4 Å². The number of anilines is 1. The molecule has 0 fully saturated rings. The quantitative estimate of drug-likeness (QED) is 0.302. The van der Waals surface area contributed by atoms with Crippen LogP contribution in [0.15, 0.2) is 71.8 Å². The lowest BCUT2D eigenvalue weighted by Gasteiger charge is -2.08. The van der Waals surface area contributed by atoms with Crippen molar-refractivity contribution in [3.8, 4) is 0 Å². The van der Waals surface area contributed by atoms with Crippen LogP contribution in [0.25, 0.3) is 16.6 Å². The molecule has 0 saturated heterocycles. The standard InChI is InChI=1S/C24H25N7O2S/c1-17-6-8-19(9-7-17)34(32,33)27-15-13-24-29-28-23-11-10-22(30-31(23)24)25-14-12-18-16-26-21-5-3-2-4-20(18)21/h2-11,16,26-27H,12-15H2,1H3,(H,25,30). The van der Waals surface area contributed by atoms with Crippen LogP contribution in [0.3, 0.4) is 0 Å². The van der Waals surface area contributed by atoms with Gasteiger partial charge in [-0.05, 0) is 49.2 Å². The topological polar surface area (TPSA) is 117 Å². The van der Waals surface area contributed by atoms with Crippen molar-refractivity contribution in [2.45, 2.75) is 24.7 Å². The minimum Gasteiger partial charge on any atom is -0.368 e. The van der Waals surface area contributed by atoms with E-state index < -0.39 is 10.0 Å². The Hall–Kier alpha value is -3.76. The third kappa shape index (κ3) is 4.63. The Labute approximate surface area is 197 Å². The van der Waals surface area contributed by atoms with E-state index in [9.17, 15) is 8.42 Å². The minimum atomic E-state index is -3.58. The molecule has 5 rings (SSSR count). The summed E-state index contributed by atoms with van der Waals surface area (Å²) >= 11 is 0. The molecule has 9 nitrogen and oxygen atoms in total. The number of hydrogen-bond acceptors (Lipinski definition) is 6. The number of benzene rings is 2. The number of rotatable bonds is 9. The van der Waals surface area contributed by atoms with Crippen LogP contribution in [0, 0.1) is 6.92 Å². The summed E-state index contributed by atoms with van der Waals surface area (Å²) in [5.74, 6) is 1.29. The van der Waals surface area contributed by atoms with Crippen molar-refractivity contribution in [1.29, 1.82) is 0 Å². The fourth-order valence-corrected chi connectivity index (χ4v) is 4.88. The van der Waals surface area contributed by atoms with Crippen molar-refractivity contribution in [1.82, 2.24) is 29.5 Å². The van der Waals surface area contributed by atoms with E-state index in [0.717, 1.165) is 17.5 Å². The number of nitrogens with one attached hydrogen (secondary N) is 3. The summed E-state index contributed by atoms with van der Waals surface area (Å²) in [5, 5.41) is 17.5. The summed E-state index contributed by atoms with van der Waals surface area (Å²) in [4.78, 5) is 3.53. The number of sulfonamides is 1. The highest BCUT2D eigenvalue weighted by molar-refractivity contribution is 7.89. The van der Waals surface area contributed by atoms with Crippen LogP contribution in [0.4, 0.5) is 5.82 Å². The molecule has 34 heavy (non-hydrogen) atoms. The first-order chi connectivity index (χ1) is 16.5. The number of nitrogens with zero attached hydrogens (tertiary/aromatic N) is 4. The van der Waals surface area contributed by atoms with E-state index in [1.807, 2.05) is 37.4 Å². The van der Waals surface area contributed by atoms with E-state index in [1.165, 1.54) is 10.9 Å². The first-order valence-electron chi connectivity index (χ1n) is 11.1. The Balaban J connectivity index is 1.22. The maximum Gasteiger partial charge on any atom is 0.240 e. The first-order valence-corrected chi connectivity index (χ1v) is 12.5. The average Bonchev–Trinajstić information content (AvgIpc) is 3.43. The molecule has 0 spiro atoms.